The third-order valence-corrected chi connectivity index (χ3v) is 4.44. The van der Waals surface area contributed by atoms with Crippen LogP contribution in [-0.4, -0.2) is 24.5 Å². The molecule has 3 amide bonds. The second-order valence-electron chi connectivity index (χ2n) is 6.08. The molecule has 0 fully saturated rings. The third-order valence-electron chi connectivity index (χ3n) is 3.92. The zero-order chi connectivity index (χ0) is 21.3. The molecule has 3 aromatic rings. The third kappa shape index (κ3) is 5.92. The van der Waals surface area contributed by atoms with E-state index >= 15 is 0 Å². The van der Waals surface area contributed by atoms with Crippen LogP contribution in [0, 0.1) is 0 Å². The van der Waals surface area contributed by atoms with Gasteiger partial charge in [0.15, 0.2) is 6.61 Å². The Morgan fingerprint density at radius 3 is 2.07 bits per heavy atom. The molecule has 0 spiro atoms. The molecule has 0 aliphatic carbocycles. The first-order valence-electron chi connectivity index (χ1n) is 8.96. The number of anilines is 2. The van der Waals surface area contributed by atoms with Crippen LogP contribution in [0.3, 0.4) is 0 Å². The van der Waals surface area contributed by atoms with Crippen molar-refractivity contribution in [1.82, 2.24) is 5.43 Å². The van der Waals surface area contributed by atoms with E-state index in [9.17, 15) is 14.4 Å². The van der Waals surface area contributed by atoms with Gasteiger partial charge in [-0.1, -0.05) is 52.3 Å². The van der Waals surface area contributed by atoms with Gasteiger partial charge >= 0.3 is 12.0 Å². The van der Waals surface area contributed by atoms with E-state index in [0.717, 1.165) is 9.48 Å². The fourth-order valence-corrected chi connectivity index (χ4v) is 2.76. The molecule has 0 atom stereocenters. The van der Waals surface area contributed by atoms with Crippen molar-refractivity contribution in [2.24, 2.45) is 0 Å². The number of para-hydroxylation sites is 2. The average Bonchev–Trinajstić information content (AvgIpc) is 2.77. The first kappa shape index (κ1) is 21.1. The number of carbonyl (C=O) groups excluding carboxylic acids is 3. The maximum Gasteiger partial charge on any atom is 0.338 e. The molecule has 0 saturated carbocycles. The van der Waals surface area contributed by atoms with Gasteiger partial charge in [0.25, 0.3) is 5.91 Å². The summed E-state index contributed by atoms with van der Waals surface area (Å²) in [6, 6.07) is 23.3. The highest BCUT2D eigenvalue weighted by Gasteiger charge is 2.20. The molecule has 0 heterocycles. The van der Waals surface area contributed by atoms with Crippen molar-refractivity contribution in [3.05, 3.63) is 95.0 Å². The lowest BCUT2D eigenvalue weighted by Gasteiger charge is -2.23. The van der Waals surface area contributed by atoms with E-state index in [4.69, 9.17) is 4.74 Å². The van der Waals surface area contributed by atoms with E-state index in [1.54, 1.807) is 78.9 Å². The number of halogens is 1. The van der Waals surface area contributed by atoms with E-state index in [2.05, 4.69) is 26.7 Å². The van der Waals surface area contributed by atoms with E-state index in [1.807, 2.05) is 6.07 Å². The van der Waals surface area contributed by atoms with Crippen molar-refractivity contribution in [3.8, 4) is 0 Å². The van der Waals surface area contributed by atoms with E-state index < -0.39 is 24.5 Å². The fourth-order valence-electron chi connectivity index (χ4n) is 2.49. The van der Waals surface area contributed by atoms with E-state index in [1.165, 1.54) is 0 Å². The summed E-state index contributed by atoms with van der Waals surface area (Å²) in [5.41, 5.74) is 3.79. The molecule has 8 heteroatoms. The number of hydrogen-bond acceptors (Lipinski definition) is 4. The molecule has 0 aliphatic heterocycles. The van der Waals surface area contributed by atoms with Gasteiger partial charge in [-0.05, 0) is 48.5 Å². The molecular formula is C22H18BrN3O4. The summed E-state index contributed by atoms with van der Waals surface area (Å²) in [5.74, 6) is -1.26. The van der Waals surface area contributed by atoms with Gasteiger partial charge in [0.1, 0.15) is 0 Å². The Balaban J connectivity index is 1.67. The lowest BCUT2D eigenvalue weighted by Crippen LogP contribution is -2.49. The van der Waals surface area contributed by atoms with Crippen molar-refractivity contribution < 1.29 is 19.1 Å². The number of esters is 1. The molecule has 3 aromatic carbocycles. The SMILES string of the molecule is O=C(Nc1ccccc1)NN(C(=O)COC(=O)c1ccc(Br)cc1)c1ccccc1. The zero-order valence-electron chi connectivity index (χ0n) is 15.7. The molecular weight excluding hydrogens is 450 g/mol. The summed E-state index contributed by atoms with van der Waals surface area (Å²) in [6.45, 7) is -0.546. The normalized spacial score (nSPS) is 10.0. The summed E-state index contributed by atoms with van der Waals surface area (Å²) in [5, 5.41) is 3.67. The lowest BCUT2D eigenvalue weighted by atomic mass is 10.2. The van der Waals surface area contributed by atoms with Crippen LogP contribution in [0.1, 0.15) is 10.4 Å². The van der Waals surface area contributed by atoms with Gasteiger partial charge in [-0.3, -0.25) is 4.79 Å². The quantitative estimate of drug-likeness (QED) is 0.430. The Morgan fingerprint density at radius 2 is 1.43 bits per heavy atom. The molecule has 7 nitrogen and oxygen atoms in total. The number of rotatable bonds is 5. The molecule has 0 bridgehead atoms. The number of nitrogens with zero attached hydrogens (tertiary/aromatic N) is 1. The first-order valence-corrected chi connectivity index (χ1v) is 9.75. The monoisotopic (exact) mass is 467 g/mol. The van der Waals surface area contributed by atoms with Crippen LogP contribution in [0.4, 0.5) is 16.2 Å². The van der Waals surface area contributed by atoms with Crippen LogP contribution >= 0.6 is 15.9 Å². The predicted octanol–water partition coefficient (Wildman–Crippen LogP) is 4.38. The molecule has 2 N–H and O–H groups in total. The Labute approximate surface area is 181 Å². The molecule has 0 aromatic heterocycles. The predicted molar refractivity (Wildman–Crippen MR) is 117 cm³/mol. The number of hydrazine groups is 1. The minimum absolute atomic E-state index is 0.312. The van der Waals surface area contributed by atoms with E-state index in [-0.39, 0.29) is 0 Å². The highest BCUT2D eigenvalue weighted by Crippen LogP contribution is 2.14. The van der Waals surface area contributed by atoms with Crippen LogP contribution < -0.4 is 15.8 Å². The molecule has 30 heavy (non-hydrogen) atoms. The number of amides is 3. The summed E-state index contributed by atoms with van der Waals surface area (Å²) in [7, 11) is 0. The van der Waals surface area contributed by atoms with Crippen LogP contribution in [0.15, 0.2) is 89.4 Å². The molecule has 0 saturated heterocycles. The van der Waals surface area contributed by atoms with Crippen molar-refractivity contribution in [2.45, 2.75) is 0 Å². The van der Waals surface area contributed by atoms with Crippen molar-refractivity contribution in [2.75, 3.05) is 16.9 Å². The second-order valence-corrected chi connectivity index (χ2v) is 7.00. The smallest absolute Gasteiger partial charge is 0.338 e. The number of ether oxygens (including phenoxy) is 1. The van der Waals surface area contributed by atoms with Crippen LogP contribution in [-0.2, 0) is 9.53 Å². The maximum absolute atomic E-state index is 12.7. The Morgan fingerprint density at radius 1 is 0.833 bits per heavy atom. The highest BCUT2D eigenvalue weighted by molar-refractivity contribution is 9.10. The van der Waals surface area contributed by atoms with Gasteiger partial charge in [0, 0.05) is 10.2 Å². The Bertz CT molecular complexity index is 1010. The number of hydrogen-bond donors (Lipinski definition) is 2. The fraction of sp³-hybridized carbons (Fsp3) is 0.0455. The van der Waals surface area contributed by atoms with Crippen molar-refractivity contribution in [3.63, 3.8) is 0 Å². The molecule has 3 rings (SSSR count). The first-order chi connectivity index (χ1) is 14.5. The summed E-state index contributed by atoms with van der Waals surface area (Å²) < 4.78 is 5.93. The maximum atomic E-state index is 12.7. The summed E-state index contributed by atoms with van der Waals surface area (Å²) in [6.07, 6.45) is 0. The highest BCUT2D eigenvalue weighted by atomic mass is 79.9. The largest absolute Gasteiger partial charge is 0.452 e. The standard InChI is InChI=1S/C22H18BrN3O4/c23-17-13-11-16(12-14-17)21(28)30-15-20(27)26(19-9-5-2-6-10-19)25-22(29)24-18-7-3-1-4-8-18/h1-14H,15H2,(H2,24,25,29). The van der Waals surface area contributed by atoms with Crippen molar-refractivity contribution in [1.29, 1.82) is 0 Å². The van der Waals surface area contributed by atoms with Crippen LogP contribution in [0.2, 0.25) is 0 Å². The summed E-state index contributed by atoms with van der Waals surface area (Å²) in [4.78, 5) is 37.3. The lowest BCUT2D eigenvalue weighted by molar-refractivity contribution is -0.122. The van der Waals surface area contributed by atoms with Crippen molar-refractivity contribution >= 4 is 45.2 Å². The molecule has 152 valence electrons. The van der Waals surface area contributed by atoms with Gasteiger partial charge in [0.2, 0.25) is 0 Å². The topological polar surface area (TPSA) is 87.7 Å². The van der Waals surface area contributed by atoms with Crippen LogP contribution in [0.5, 0.6) is 0 Å². The second kappa shape index (κ2) is 10.2. The Hall–Kier alpha value is -3.65. The van der Waals surface area contributed by atoms with Gasteiger partial charge in [-0.25, -0.2) is 20.0 Å². The van der Waals surface area contributed by atoms with Crippen LogP contribution in [0.25, 0.3) is 0 Å². The number of carbonyl (C=O) groups is 3. The molecule has 0 unspecified atom stereocenters. The zero-order valence-corrected chi connectivity index (χ0v) is 17.3. The number of nitrogens with one attached hydrogen (secondary N) is 2. The Kier molecular flexibility index (Phi) is 7.18. The number of urea groups is 1. The van der Waals surface area contributed by atoms with Gasteiger partial charge < -0.3 is 10.1 Å². The average molecular weight is 468 g/mol. The molecule has 0 radical (unpaired) electrons. The summed E-state index contributed by atoms with van der Waals surface area (Å²) >= 11 is 3.29. The minimum Gasteiger partial charge on any atom is -0.452 e. The molecule has 0 aliphatic rings. The minimum atomic E-state index is -0.641. The van der Waals surface area contributed by atoms with Gasteiger partial charge in [0.05, 0.1) is 11.3 Å². The van der Waals surface area contributed by atoms with Gasteiger partial charge in [-0.2, -0.15) is 0 Å². The number of benzene rings is 3. The van der Waals surface area contributed by atoms with Gasteiger partial charge in [-0.15, -0.1) is 0 Å². The van der Waals surface area contributed by atoms with E-state index in [0.29, 0.717) is 16.9 Å².